The lowest BCUT2D eigenvalue weighted by molar-refractivity contribution is -0.0111. The van der Waals surface area contributed by atoms with Gasteiger partial charge in [0.15, 0.2) is 5.11 Å². The Balaban J connectivity index is 1.42. The first-order valence-electron chi connectivity index (χ1n) is 8.17. The highest BCUT2D eigenvalue weighted by Crippen LogP contribution is 2.55. The molecule has 0 radical (unpaired) electrons. The van der Waals surface area contributed by atoms with Gasteiger partial charge in [-0.1, -0.05) is 0 Å². The van der Waals surface area contributed by atoms with E-state index in [4.69, 9.17) is 16.6 Å². The summed E-state index contributed by atoms with van der Waals surface area (Å²) in [4.78, 5) is 2.10. The van der Waals surface area contributed by atoms with Gasteiger partial charge in [0.25, 0.3) is 0 Å². The summed E-state index contributed by atoms with van der Waals surface area (Å²) >= 11 is 5.66. The number of hydrogen-bond donors (Lipinski definition) is 1. The quantitative estimate of drug-likeness (QED) is 0.865. The Morgan fingerprint density at radius 3 is 2.43 bits per heavy atom. The summed E-state index contributed by atoms with van der Waals surface area (Å²) in [7, 11) is 2.05. The van der Waals surface area contributed by atoms with E-state index >= 15 is 0 Å². The molecular weight excluding hydrogens is 280 g/mol. The van der Waals surface area contributed by atoms with Gasteiger partial charge < -0.3 is 14.6 Å². The zero-order chi connectivity index (χ0) is 14.4. The number of rotatable bonds is 3. The Hall–Kier alpha value is -1.03. The zero-order valence-electron chi connectivity index (χ0n) is 12.7. The molecule has 4 aliphatic carbocycles. The average Bonchev–Trinajstić information content (AvgIpc) is 2.89. The van der Waals surface area contributed by atoms with Gasteiger partial charge in [-0.2, -0.15) is 0 Å². The van der Waals surface area contributed by atoms with Crippen molar-refractivity contribution in [3.63, 3.8) is 0 Å². The molecule has 1 aromatic rings. The Labute approximate surface area is 132 Å². The molecule has 1 heterocycles. The third-order valence-corrected chi connectivity index (χ3v) is 6.14. The van der Waals surface area contributed by atoms with E-state index in [2.05, 4.69) is 17.3 Å². The molecule has 21 heavy (non-hydrogen) atoms. The SMILES string of the molecule is CN(Cc1ccco1)C(=S)NC12CC3CC(CC(C3)C1)C2. The first-order chi connectivity index (χ1) is 10.1. The predicted octanol–water partition coefficient (Wildman–Crippen LogP) is 3.55. The van der Waals surface area contributed by atoms with Crippen LogP contribution in [0.15, 0.2) is 22.8 Å². The molecule has 0 amide bonds. The van der Waals surface area contributed by atoms with Crippen molar-refractivity contribution < 1.29 is 4.42 Å². The van der Waals surface area contributed by atoms with Crippen molar-refractivity contribution >= 4 is 17.3 Å². The zero-order valence-corrected chi connectivity index (χ0v) is 13.5. The minimum Gasteiger partial charge on any atom is -0.467 e. The highest BCUT2D eigenvalue weighted by molar-refractivity contribution is 7.80. The minimum absolute atomic E-state index is 0.295. The van der Waals surface area contributed by atoms with Crippen molar-refractivity contribution in [3.8, 4) is 0 Å². The van der Waals surface area contributed by atoms with Gasteiger partial charge in [0, 0.05) is 12.6 Å². The number of hydrogen-bond acceptors (Lipinski definition) is 2. The second kappa shape index (κ2) is 5.01. The van der Waals surface area contributed by atoms with Crippen molar-refractivity contribution in [3.05, 3.63) is 24.2 Å². The summed E-state index contributed by atoms with van der Waals surface area (Å²) in [5.41, 5.74) is 0.295. The third-order valence-electron chi connectivity index (χ3n) is 5.73. The maximum atomic E-state index is 5.66. The topological polar surface area (TPSA) is 28.4 Å². The molecule has 1 N–H and O–H groups in total. The van der Waals surface area contributed by atoms with Crippen LogP contribution in [-0.4, -0.2) is 22.6 Å². The molecule has 4 fully saturated rings. The van der Waals surface area contributed by atoms with Crippen molar-refractivity contribution in [2.45, 2.75) is 50.6 Å². The van der Waals surface area contributed by atoms with E-state index in [1.807, 2.05) is 12.1 Å². The van der Waals surface area contributed by atoms with Crippen LogP contribution < -0.4 is 5.32 Å². The molecule has 4 heteroatoms. The van der Waals surface area contributed by atoms with Gasteiger partial charge in [-0.3, -0.25) is 0 Å². The second-order valence-electron chi connectivity index (χ2n) is 7.56. The van der Waals surface area contributed by atoms with E-state index < -0.39 is 0 Å². The fraction of sp³-hybridized carbons (Fsp3) is 0.706. The molecule has 0 atom stereocenters. The molecule has 1 aromatic heterocycles. The summed E-state index contributed by atoms with van der Waals surface area (Å²) in [5, 5.41) is 4.64. The standard InChI is InChI=1S/C17H24N2OS/c1-19(11-15-3-2-4-20-15)16(21)18-17-8-12-5-13(9-17)7-14(6-12)10-17/h2-4,12-14H,5-11H2,1H3,(H,18,21). The lowest BCUT2D eigenvalue weighted by Gasteiger charge is -2.57. The van der Waals surface area contributed by atoms with Crippen LogP contribution in [0, 0.1) is 17.8 Å². The van der Waals surface area contributed by atoms with Gasteiger partial charge in [-0.25, -0.2) is 0 Å². The molecule has 3 nitrogen and oxygen atoms in total. The number of nitrogens with zero attached hydrogens (tertiary/aromatic N) is 1. The lowest BCUT2D eigenvalue weighted by Crippen LogP contribution is -2.61. The molecule has 0 spiro atoms. The largest absolute Gasteiger partial charge is 0.467 e. The molecule has 0 aromatic carbocycles. The van der Waals surface area contributed by atoms with E-state index in [9.17, 15) is 0 Å². The van der Waals surface area contributed by atoms with Crippen LogP contribution in [0.25, 0.3) is 0 Å². The minimum atomic E-state index is 0.295. The van der Waals surface area contributed by atoms with Crippen molar-refractivity contribution in [2.75, 3.05) is 7.05 Å². The Kier molecular flexibility index (Phi) is 3.25. The van der Waals surface area contributed by atoms with Crippen LogP contribution in [0.4, 0.5) is 0 Å². The van der Waals surface area contributed by atoms with Gasteiger partial charge in [-0.15, -0.1) is 0 Å². The first kappa shape index (κ1) is 13.6. The van der Waals surface area contributed by atoms with E-state index in [0.29, 0.717) is 5.54 Å². The summed E-state index contributed by atoms with van der Waals surface area (Å²) in [6, 6.07) is 3.93. The van der Waals surface area contributed by atoms with Gasteiger partial charge in [-0.05, 0) is 80.6 Å². The van der Waals surface area contributed by atoms with E-state index in [0.717, 1.165) is 35.2 Å². The normalized spacial score (nSPS) is 36.7. The molecule has 5 rings (SSSR count). The van der Waals surface area contributed by atoms with Crippen LogP contribution in [0.3, 0.4) is 0 Å². The number of furan rings is 1. The Morgan fingerprint density at radius 1 is 1.29 bits per heavy atom. The van der Waals surface area contributed by atoms with Crippen LogP contribution in [0.2, 0.25) is 0 Å². The highest BCUT2D eigenvalue weighted by Gasteiger charge is 2.51. The highest BCUT2D eigenvalue weighted by atomic mass is 32.1. The van der Waals surface area contributed by atoms with Gasteiger partial charge in [0.1, 0.15) is 5.76 Å². The lowest BCUT2D eigenvalue weighted by atomic mass is 9.53. The first-order valence-corrected chi connectivity index (χ1v) is 8.58. The van der Waals surface area contributed by atoms with Gasteiger partial charge in [0.2, 0.25) is 0 Å². The van der Waals surface area contributed by atoms with Crippen molar-refractivity contribution in [1.82, 2.24) is 10.2 Å². The van der Waals surface area contributed by atoms with E-state index in [-0.39, 0.29) is 0 Å². The molecule has 0 aliphatic heterocycles. The molecule has 4 saturated carbocycles. The average molecular weight is 304 g/mol. The van der Waals surface area contributed by atoms with Crippen molar-refractivity contribution in [1.29, 1.82) is 0 Å². The van der Waals surface area contributed by atoms with Crippen LogP contribution >= 0.6 is 12.2 Å². The maximum Gasteiger partial charge on any atom is 0.169 e. The smallest absolute Gasteiger partial charge is 0.169 e. The second-order valence-corrected chi connectivity index (χ2v) is 7.95. The summed E-state index contributed by atoms with van der Waals surface area (Å²) < 4.78 is 5.42. The predicted molar refractivity (Wildman–Crippen MR) is 86.8 cm³/mol. The van der Waals surface area contributed by atoms with Crippen LogP contribution in [0.5, 0.6) is 0 Å². The molecule has 0 unspecified atom stereocenters. The van der Waals surface area contributed by atoms with E-state index in [1.54, 1.807) is 6.26 Å². The number of thiocarbonyl (C=S) groups is 1. The third kappa shape index (κ3) is 2.59. The van der Waals surface area contributed by atoms with Gasteiger partial charge >= 0.3 is 0 Å². The molecule has 114 valence electrons. The fourth-order valence-corrected chi connectivity index (χ4v) is 5.58. The Bertz CT molecular complexity index is 490. The Morgan fingerprint density at radius 2 is 1.90 bits per heavy atom. The molecular formula is C17H24N2OS. The van der Waals surface area contributed by atoms with Crippen molar-refractivity contribution in [2.24, 2.45) is 17.8 Å². The molecule has 4 aliphatic rings. The summed E-state index contributed by atoms with van der Waals surface area (Å²) in [6.07, 6.45) is 10.1. The summed E-state index contributed by atoms with van der Waals surface area (Å²) in [6.45, 7) is 0.741. The molecule has 0 saturated heterocycles. The van der Waals surface area contributed by atoms with Gasteiger partial charge in [0.05, 0.1) is 12.8 Å². The summed E-state index contributed by atoms with van der Waals surface area (Å²) in [5.74, 6) is 3.80. The van der Waals surface area contributed by atoms with Crippen LogP contribution in [0.1, 0.15) is 44.3 Å². The monoisotopic (exact) mass is 304 g/mol. The number of nitrogens with one attached hydrogen (secondary N) is 1. The maximum absolute atomic E-state index is 5.66. The van der Waals surface area contributed by atoms with Crippen LogP contribution in [-0.2, 0) is 6.54 Å². The fourth-order valence-electron chi connectivity index (χ4n) is 5.29. The van der Waals surface area contributed by atoms with E-state index in [1.165, 1.54) is 38.5 Å². The molecule has 4 bridgehead atoms.